The minimum absolute atomic E-state index is 0.165. The van der Waals surface area contributed by atoms with Crippen molar-refractivity contribution in [2.24, 2.45) is 0 Å². The summed E-state index contributed by atoms with van der Waals surface area (Å²) in [5.74, 6) is -1.33. The van der Waals surface area contributed by atoms with Crippen LogP contribution >= 0.6 is 0 Å². The second-order valence-electron chi connectivity index (χ2n) is 7.15. The molecular formula is C24H24FNO3. The van der Waals surface area contributed by atoms with Crippen molar-refractivity contribution in [3.63, 3.8) is 0 Å². The highest BCUT2D eigenvalue weighted by Crippen LogP contribution is 2.37. The summed E-state index contributed by atoms with van der Waals surface area (Å²) >= 11 is 0. The van der Waals surface area contributed by atoms with Crippen LogP contribution in [0.2, 0.25) is 0 Å². The van der Waals surface area contributed by atoms with Gasteiger partial charge in [0.05, 0.1) is 6.10 Å². The fourth-order valence-electron chi connectivity index (χ4n) is 3.51. The molecule has 3 aromatic rings. The lowest BCUT2D eigenvalue weighted by molar-refractivity contribution is -0.131. The fraction of sp³-hybridized carbons (Fsp3) is 0.208. The average molecular weight is 393 g/mol. The molecule has 0 aliphatic rings. The van der Waals surface area contributed by atoms with Crippen LogP contribution in [-0.4, -0.2) is 26.9 Å². The van der Waals surface area contributed by atoms with E-state index < -0.39 is 12.1 Å². The maximum absolute atomic E-state index is 13.5. The predicted molar refractivity (Wildman–Crippen MR) is 114 cm³/mol. The number of aliphatic carboxylic acids is 1. The smallest absolute Gasteiger partial charge is 0.327 e. The molecule has 0 radical (unpaired) electrons. The number of aliphatic hydroxyl groups excluding tert-OH is 1. The number of carboxylic acid groups (broad SMARTS) is 1. The van der Waals surface area contributed by atoms with Gasteiger partial charge in [0.2, 0.25) is 0 Å². The van der Waals surface area contributed by atoms with Gasteiger partial charge in [0, 0.05) is 34.3 Å². The van der Waals surface area contributed by atoms with E-state index in [4.69, 9.17) is 5.11 Å². The maximum Gasteiger partial charge on any atom is 0.327 e. The molecule has 0 unspecified atom stereocenters. The van der Waals surface area contributed by atoms with E-state index in [0.29, 0.717) is 0 Å². The first-order valence-corrected chi connectivity index (χ1v) is 9.53. The summed E-state index contributed by atoms with van der Waals surface area (Å²) < 4.78 is 15.7. The molecule has 29 heavy (non-hydrogen) atoms. The maximum atomic E-state index is 13.5. The molecule has 1 atom stereocenters. The molecule has 4 nitrogen and oxygen atoms in total. The molecule has 0 aliphatic heterocycles. The van der Waals surface area contributed by atoms with Gasteiger partial charge in [-0.2, -0.15) is 0 Å². The molecule has 2 aromatic carbocycles. The van der Waals surface area contributed by atoms with Gasteiger partial charge in [-0.05, 0) is 50.1 Å². The molecule has 5 heteroatoms. The Morgan fingerprint density at radius 1 is 1.14 bits per heavy atom. The Hall–Kier alpha value is -3.18. The average Bonchev–Trinajstić information content (AvgIpc) is 3.01. The van der Waals surface area contributed by atoms with Crippen LogP contribution in [0.1, 0.15) is 32.0 Å². The van der Waals surface area contributed by atoms with E-state index >= 15 is 0 Å². The quantitative estimate of drug-likeness (QED) is 0.526. The van der Waals surface area contributed by atoms with Gasteiger partial charge in [0.25, 0.3) is 0 Å². The number of hydrogen-bond donors (Lipinski definition) is 2. The first kappa shape index (κ1) is 20.6. The van der Waals surface area contributed by atoms with E-state index in [-0.39, 0.29) is 18.3 Å². The van der Waals surface area contributed by atoms with E-state index in [1.807, 2.05) is 30.3 Å². The molecule has 0 spiro atoms. The van der Waals surface area contributed by atoms with Gasteiger partial charge in [0.1, 0.15) is 5.82 Å². The van der Waals surface area contributed by atoms with Gasteiger partial charge >= 0.3 is 5.97 Å². The number of nitrogens with zero attached hydrogens (tertiary/aromatic N) is 1. The molecule has 150 valence electrons. The normalized spacial score (nSPS) is 13.1. The largest absolute Gasteiger partial charge is 0.478 e. The standard InChI is InChI=1S/C24H24FNO3/c1-16(2)26-21-8-4-3-7-20(21)24(17-10-12-18(25)13-11-17)22(26)15-14-19(27)6-5-9-23(28)29/h3-5,7-16,19,27H,6H2,1-2H3,(H,28,29)/b9-5+,15-14+/t19-/m0/s1. The zero-order valence-corrected chi connectivity index (χ0v) is 16.4. The number of halogens is 1. The molecule has 0 saturated heterocycles. The van der Waals surface area contributed by atoms with Crippen molar-refractivity contribution in [2.45, 2.75) is 32.4 Å². The fourth-order valence-corrected chi connectivity index (χ4v) is 3.51. The summed E-state index contributed by atoms with van der Waals surface area (Å²) in [6, 6.07) is 14.6. The highest BCUT2D eigenvalue weighted by molar-refractivity contribution is 6.01. The van der Waals surface area contributed by atoms with Crippen molar-refractivity contribution >= 4 is 22.9 Å². The molecule has 3 rings (SSSR count). The number of hydrogen-bond acceptors (Lipinski definition) is 2. The van der Waals surface area contributed by atoms with Gasteiger partial charge in [-0.3, -0.25) is 0 Å². The lowest BCUT2D eigenvalue weighted by Gasteiger charge is -2.14. The zero-order chi connectivity index (χ0) is 21.0. The molecule has 0 fully saturated rings. The Labute approximate surface area is 169 Å². The predicted octanol–water partition coefficient (Wildman–Crippen LogP) is 5.43. The number of para-hydroxylation sites is 1. The number of benzene rings is 2. The lowest BCUT2D eigenvalue weighted by Crippen LogP contribution is -2.04. The highest BCUT2D eigenvalue weighted by Gasteiger charge is 2.18. The Bertz CT molecular complexity index is 1060. The molecule has 2 N–H and O–H groups in total. The third-order valence-corrected chi connectivity index (χ3v) is 4.71. The number of carbonyl (C=O) groups is 1. The number of aliphatic hydroxyl groups is 1. The van der Waals surface area contributed by atoms with Crippen LogP contribution in [0.25, 0.3) is 28.1 Å². The minimum atomic E-state index is -1.04. The molecule has 1 aromatic heterocycles. The Balaban J connectivity index is 2.12. The van der Waals surface area contributed by atoms with Gasteiger partial charge in [-0.1, -0.05) is 42.5 Å². The van der Waals surface area contributed by atoms with Crippen molar-refractivity contribution in [1.82, 2.24) is 4.57 Å². The molecule has 1 heterocycles. The zero-order valence-electron chi connectivity index (χ0n) is 16.4. The monoisotopic (exact) mass is 393 g/mol. The summed E-state index contributed by atoms with van der Waals surface area (Å²) in [5.41, 5.74) is 3.83. The van der Waals surface area contributed by atoms with Crippen LogP contribution in [0.4, 0.5) is 4.39 Å². The van der Waals surface area contributed by atoms with Crippen LogP contribution in [0.5, 0.6) is 0 Å². The van der Waals surface area contributed by atoms with E-state index in [9.17, 15) is 14.3 Å². The van der Waals surface area contributed by atoms with Crippen LogP contribution in [-0.2, 0) is 4.79 Å². The SMILES string of the molecule is CC(C)n1c(/C=C/[C@@H](O)C/C=C/C(=O)O)c(-c2ccc(F)cc2)c2ccccc21. The lowest BCUT2D eigenvalue weighted by atomic mass is 10.0. The van der Waals surface area contributed by atoms with Crippen LogP contribution in [0.15, 0.2) is 66.8 Å². The van der Waals surface area contributed by atoms with E-state index in [1.54, 1.807) is 18.2 Å². The number of rotatable bonds is 7. The Morgan fingerprint density at radius 2 is 1.83 bits per heavy atom. The molecule has 0 aliphatic carbocycles. The minimum Gasteiger partial charge on any atom is -0.478 e. The molecular weight excluding hydrogens is 369 g/mol. The third-order valence-electron chi connectivity index (χ3n) is 4.71. The van der Waals surface area contributed by atoms with Gasteiger partial charge in [-0.15, -0.1) is 0 Å². The van der Waals surface area contributed by atoms with Crippen LogP contribution < -0.4 is 0 Å². The summed E-state index contributed by atoms with van der Waals surface area (Å²) in [7, 11) is 0. The third kappa shape index (κ3) is 4.63. The van der Waals surface area contributed by atoms with Crippen LogP contribution in [0, 0.1) is 5.82 Å². The summed E-state index contributed by atoms with van der Waals surface area (Å²) in [5, 5.41) is 20.0. The summed E-state index contributed by atoms with van der Waals surface area (Å²) in [4.78, 5) is 10.6. The van der Waals surface area contributed by atoms with Gasteiger partial charge in [0.15, 0.2) is 0 Å². The van der Waals surface area contributed by atoms with Crippen molar-refractivity contribution < 1.29 is 19.4 Å². The van der Waals surface area contributed by atoms with E-state index in [0.717, 1.165) is 33.8 Å². The second kappa shape index (κ2) is 8.88. The van der Waals surface area contributed by atoms with E-state index in [2.05, 4.69) is 18.4 Å². The number of fused-ring (bicyclic) bond motifs is 1. The number of aromatic nitrogens is 1. The van der Waals surface area contributed by atoms with E-state index in [1.165, 1.54) is 18.2 Å². The second-order valence-corrected chi connectivity index (χ2v) is 7.15. The highest BCUT2D eigenvalue weighted by atomic mass is 19.1. The van der Waals surface area contributed by atoms with Crippen molar-refractivity contribution in [3.05, 3.63) is 78.3 Å². The first-order chi connectivity index (χ1) is 13.9. The van der Waals surface area contributed by atoms with Gasteiger partial charge < -0.3 is 14.8 Å². The molecule has 0 amide bonds. The summed E-state index contributed by atoms with van der Waals surface area (Å²) in [6.07, 6.45) is 5.36. The molecule has 0 bridgehead atoms. The van der Waals surface area contributed by atoms with Crippen molar-refractivity contribution in [2.75, 3.05) is 0 Å². The molecule has 0 saturated carbocycles. The Morgan fingerprint density at radius 3 is 2.48 bits per heavy atom. The topological polar surface area (TPSA) is 62.5 Å². The summed E-state index contributed by atoms with van der Waals surface area (Å²) in [6.45, 7) is 4.18. The first-order valence-electron chi connectivity index (χ1n) is 9.53. The van der Waals surface area contributed by atoms with Crippen molar-refractivity contribution in [3.8, 4) is 11.1 Å². The van der Waals surface area contributed by atoms with Crippen LogP contribution in [0.3, 0.4) is 0 Å². The van der Waals surface area contributed by atoms with Gasteiger partial charge in [-0.25, -0.2) is 9.18 Å². The Kier molecular flexibility index (Phi) is 6.29. The van der Waals surface area contributed by atoms with Crippen molar-refractivity contribution in [1.29, 1.82) is 0 Å². The number of carboxylic acids is 1.